The molecule has 39 heavy (non-hydrogen) atoms. The summed E-state index contributed by atoms with van der Waals surface area (Å²) in [5.74, 6) is 2.50. The second-order valence-electron chi connectivity index (χ2n) is 13.2. The normalized spacial score (nSPS) is 36.3. The monoisotopic (exact) mass is 869 g/mol. The Balaban J connectivity index is 1.27. The zero-order chi connectivity index (χ0) is 28.3. The molecule has 0 bridgehead atoms. The summed E-state index contributed by atoms with van der Waals surface area (Å²) in [6.07, 6.45) is 12.7. The van der Waals surface area contributed by atoms with Gasteiger partial charge in [-0.2, -0.15) is 0 Å². The predicted molar refractivity (Wildman–Crippen MR) is 182 cm³/mol. The Morgan fingerprint density at radius 3 is 2.51 bits per heavy atom. The van der Waals surface area contributed by atoms with Crippen molar-refractivity contribution in [3.63, 3.8) is 0 Å². The van der Waals surface area contributed by atoms with Crippen LogP contribution in [0.2, 0.25) is 0 Å². The maximum Gasteiger partial charge on any atom is 0.309 e. The first-order valence-corrected chi connectivity index (χ1v) is 18.0. The van der Waals surface area contributed by atoms with E-state index in [0.29, 0.717) is 30.0 Å². The van der Waals surface area contributed by atoms with Crippen molar-refractivity contribution >= 4 is 85.2 Å². The first-order valence-electron chi connectivity index (χ1n) is 14.7. The number of allylic oxidation sites excluding steroid dienone is 1. The lowest BCUT2D eigenvalue weighted by Gasteiger charge is -2.58. The summed E-state index contributed by atoms with van der Waals surface area (Å²) in [5, 5.41) is 0. The molecule has 4 aliphatic carbocycles. The molecule has 8 atom stereocenters. The van der Waals surface area contributed by atoms with Crippen molar-refractivity contribution in [1.82, 2.24) is 0 Å². The number of benzene rings is 1. The van der Waals surface area contributed by atoms with Crippen LogP contribution < -0.4 is 5.73 Å². The lowest BCUT2D eigenvalue weighted by Crippen LogP contribution is -2.51. The zero-order valence-electron chi connectivity index (χ0n) is 23.6. The minimum atomic E-state index is -0.155. The number of rotatable bonds is 6. The van der Waals surface area contributed by atoms with Gasteiger partial charge in [-0.3, -0.25) is 9.59 Å². The number of Topliss-reactive ketones (excluding diaryl/α,β-unsaturated/α-hetero) is 1. The summed E-state index contributed by atoms with van der Waals surface area (Å²) in [6, 6.07) is 2.11. The van der Waals surface area contributed by atoms with Gasteiger partial charge in [-0.05, 0) is 173 Å². The molecule has 7 heteroatoms. The van der Waals surface area contributed by atoms with E-state index in [-0.39, 0.29) is 34.7 Å². The van der Waals surface area contributed by atoms with Crippen molar-refractivity contribution in [2.45, 2.75) is 98.0 Å². The molecule has 0 spiro atoms. The molecule has 0 aromatic heterocycles. The van der Waals surface area contributed by atoms with Crippen LogP contribution in [-0.2, 0) is 20.7 Å². The lowest BCUT2D eigenvalue weighted by molar-refractivity contribution is -0.156. The van der Waals surface area contributed by atoms with Crippen molar-refractivity contribution in [3.8, 4) is 0 Å². The fourth-order valence-electron chi connectivity index (χ4n) is 9.13. The van der Waals surface area contributed by atoms with E-state index in [1.807, 2.05) is 6.92 Å². The van der Waals surface area contributed by atoms with Gasteiger partial charge in [-0.25, -0.2) is 0 Å². The van der Waals surface area contributed by atoms with Gasteiger partial charge in [0.2, 0.25) is 0 Å². The highest BCUT2D eigenvalue weighted by molar-refractivity contribution is 14.1. The molecule has 1 aromatic carbocycles. The number of ketones is 1. The average molecular weight is 869 g/mol. The maximum atomic E-state index is 13.4. The third-order valence-electron chi connectivity index (χ3n) is 11.4. The molecule has 3 saturated carbocycles. The molecule has 3 fully saturated rings. The van der Waals surface area contributed by atoms with E-state index in [2.05, 4.69) is 101 Å². The van der Waals surface area contributed by atoms with E-state index in [1.165, 1.54) is 30.4 Å². The van der Waals surface area contributed by atoms with Crippen LogP contribution in [0, 0.1) is 51.1 Å². The molecule has 1 aromatic rings. The molecule has 0 amide bonds. The van der Waals surface area contributed by atoms with E-state index in [9.17, 15) is 9.59 Å². The molecule has 0 saturated heterocycles. The van der Waals surface area contributed by atoms with Crippen LogP contribution in [-0.4, -0.2) is 17.9 Å². The molecule has 0 aliphatic heterocycles. The Morgan fingerprint density at radius 2 is 1.82 bits per heavy atom. The molecule has 5 rings (SSSR count). The van der Waals surface area contributed by atoms with E-state index in [0.717, 1.165) is 54.9 Å². The third-order valence-corrected chi connectivity index (χ3v) is 14.5. The number of nitrogen functional groups attached to an aromatic ring is 1. The summed E-state index contributed by atoms with van der Waals surface area (Å²) in [4.78, 5) is 25.9. The van der Waals surface area contributed by atoms with E-state index >= 15 is 0 Å². The van der Waals surface area contributed by atoms with Gasteiger partial charge in [0.25, 0.3) is 0 Å². The molecule has 2 N–H and O–H groups in total. The summed E-state index contributed by atoms with van der Waals surface area (Å²) in [7, 11) is 0. The highest BCUT2D eigenvalue weighted by atomic mass is 127. The summed E-state index contributed by atoms with van der Waals surface area (Å²) >= 11 is 6.97. The zero-order valence-corrected chi connectivity index (χ0v) is 30.1. The number of carbonyl (C=O) groups excluding carboxylic acids is 2. The van der Waals surface area contributed by atoms with E-state index in [4.69, 9.17) is 10.5 Å². The molecule has 214 valence electrons. The topological polar surface area (TPSA) is 69.4 Å². The van der Waals surface area contributed by atoms with Gasteiger partial charge < -0.3 is 10.5 Å². The second kappa shape index (κ2) is 11.6. The number of carbonyl (C=O) groups is 2. The SMILES string of the molecule is CCC(Cc1c(I)cc(I)c(N)c1I)C(=O)O[C@H]1CC[C@@]2(C)C(=CC[C@H]3[C@@H]4CC[C@H](C(C)=O)[C@@]4(C)CC[C@@H]32)C1. The third kappa shape index (κ3) is 5.37. The summed E-state index contributed by atoms with van der Waals surface area (Å²) < 4.78 is 9.54. The van der Waals surface area contributed by atoms with Crippen LogP contribution in [0.25, 0.3) is 0 Å². The number of esters is 1. The van der Waals surface area contributed by atoms with Crippen LogP contribution in [0.5, 0.6) is 0 Å². The maximum absolute atomic E-state index is 13.4. The molecular weight excluding hydrogens is 827 g/mol. The Hall–Kier alpha value is 0.0900. The number of nitrogens with two attached hydrogens (primary N) is 1. The smallest absolute Gasteiger partial charge is 0.309 e. The Kier molecular flexibility index (Phi) is 9.12. The van der Waals surface area contributed by atoms with Crippen molar-refractivity contribution in [2.24, 2.45) is 40.4 Å². The second-order valence-corrected chi connectivity index (χ2v) is 16.6. The summed E-state index contributed by atoms with van der Waals surface area (Å²) in [6.45, 7) is 8.81. The van der Waals surface area contributed by atoms with Gasteiger partial charge in [0.1, 0.15) is 11.9 Å². The van der Waals surface area contributed by atoms with Gasteiger partial charge in [0.15, 0.2) is 0 Å². The van der Waals surface area contributed by atoms with Gasteiger partial charge in [-0.1, -0.05) is 32.4 Å². The minimum absolute atomic E-state index is 0.0233. The number of halogens is 3. The van der Waals surface area contributed by atoms with Gasteiger partial charge in [-0.15, -0.1) is 0 Å². The van der Waals surface area contributed by atoms with Crippen LogP contribution in [0.3, 0.4) is 0 Å². The standard InChI is InChI=1S/C32H42I3NO3/c1-5-18(14-22-26(33)16-27(34)29(36)28(22)35)30(38)39-20-10-12-31(3)19(15-20)6-7-21-24-9-8-23(17(2)37)32(24,4)13-11-25(21)31/h6,16,18,20-21,23-25H,5,7-15,36H2,1-4H3/t18?,20-,21-,23+,24-,25-,31-,32+/m0/s1. The molecular formula is C32H42I3NO3. The molecule has 4 nitrogen and oxygen atoms in total. The highest BCUT2D eigenvalue weighted by Gasteiger charge is 2.59. The Labute approximate surface area is 275 Å². The van der Waals surface area contributed by atoms with Crippen LogP contribution in [0.4, 0.5) is 5.69 Å². The number of hydrogen-bond donors (Lipinski definition) is 1. The Morgan fingerprint density at radius 1 is 1.08 bits per heavy atom. The van der Waals surface area contributed by atoms with E-state index < -0.39 is 0 Å². The van der Waals surface area contributed by atoms with Crippen LogP contribution in [0.1, 0.15) is 91.0 Å². The number of fused-ring (bicyclic) bond motifs is 5. The van der Waals surface area contributed by atoms with Crippen molar-refractivity contribution in [1.29, 1.82) is 0 Å². The number of ether oxygens (including phenoxy) is 1. The first-order chi connectivity index (χ1) is 18.4. The quantitative estimate of drug-likeness (QED) is 0.135. The molecule has 0 heterocycles. The largest absolute Gasteiger partial charge is 0.462 e. The average Bonchev–Trinajstić information content (AvgIpc) is 3.25. The van der Waals surface area contributed by atoms with Crippen LogP contribution >= 0.6 is 67.8 Å². The van der Waals surface area contributed by atoms with E-state index in [1.54, 1.807) is 0 Å². The van der Waals surface area contributed by atoms with Gasteiger partial charge in [0, 0.05) is 23.0 Å². The van der Waals surface area contributed by atoms with Gasteiger partial charge >= 0.3 is 5.97 Å². The Bertz CT molecular complexity index is 1200. The van der Waals surface area contributed by atoms with Crippen molar-refractivity contribution in [3.05, 3.63) is 34.0 Å². The molecule has 0 radical (unpaired) electrons. The first kappa shape index (κ1) is 30.5. The van der Waals surface area contributed by atoms with Crippen molar-refractivity contribution in [2.75, 3.05) is 5.73 Å². The minimum Gasteiger partial charge on any atom is -0.462 e. The fraction of sp³-hybridized carbons (Fsp3) is 0.688. The predicted octanol–water partition coefficient (Wildman–Crippen LogP) is 8.73. The molecule has 4 aliphatic rings. The fourth-order valence-corrected chi connectivity index (χ4v) is 12.9. The number of hydrogen-bond acceptors (Lipinski definition) is 4. The molecule has 1 unspecified atom stereocenters. The van der Waals surface area contributed by atoms with Gasteiger partial charge in [0.05, 0.1) is 11.6 Å². The number of anilines is 1. The summed E-state index contributed by atoms with van der Waals surface area (Å²) in [5.41, 5.74) is 10.2. The van der Waals surface area contributed by atoms with Crippen molar-refractivity contribution < 1.29 is 14.3 Å². The lowest BCUT2D eigenvalue weighted by atomic mass is 9.47. The highest BCUT2D eigenvalue weighted by Crippen LogP contribution is 2.66. The van der Waals surface area contributed by atoms with Crippen LogP contribution in [0.15, 0.2) is 17.7 Å².